The van der Waals surface area contributed by atoms with Crippen LogP contribution in [-0.4, -0.2) is 117 Å². The molecule has 10 N–H and O–H groups in total. The van der Waals surface area contributed by atoms with Crippen molar-refractivity contribution in [3.8, 4) is 11.5 Å². The topological polar surface area (TPSA) is 193 Å². The summed E-state index contributed by atoms with van der Waals surface area (Å²) in [6.07, 6.45) is -0.571. The van der Waals surface area contributed by atoms with E-state index in [1.165, 1.54) is 12.1 Å². The monoisotopic (exact) mass is 702 g/mol. The van der Waals surface area contributed by atoms with Crippen LogP contribution in [0.2, 0.25) is 0 Å². The van der Waals surface area contributed by atoms with Crippen molar-refractivity contribution in [3.63, 3.8) is 0 Å². The maximum Gasteiger partial charge on any atom is 0.245 e. The number of phenolic OH excluding ortho intramolecular Hbond substituents is 2. The molecule has 13 nitrogen and oxygen atoms in total. The zero-order chi connectivity index (χ0) is 26.9. The minimum absolute atomic E-state index is 0. The molecular weight excluding hydrogens is 658 g/mol. The van der Waals surface area contributed by atoms with Crippen LogP contribution in [0.4, 0.5) is 0 Å². The van der Waals surface area contributed by atoms with Crippen LogP contribution in [0.25, 0.3) is 0 Å². The number of rotatable bonds is 6. The fraction of sp³-hybridized carbons (Fsp3) is 0.625. The van der Waals surface area contributed by atoms with Gasteiger partial charge in [-0.2, -0.15) is 0 Å². The van der Waals surface area contributed by atoms with Crippen LogP contribution in [0.15, 0.2) is 18.2 Å². The Bertz CT molecular complexity index is 861. The maximum atomic E-state index is 13.4. The van der Waals surface area contributed by atoms with Gasteiger partial charge in [-0.15, -0.1) is 62.0 Å². The van der Waals surface area contributed by atoms with Gasteiger partial charge in [0, 0.05) is 90.2 Å². The minimum Gasteiger partial charge on any atom is -0.508 e. The molecule has 1 aliphatic rings. The number of halogens is 5. The number of amides is 3. The number of carbonyl (C=O) groups excluding carboxylic acids is 3. The molecule has 1 atom stereocenters. The molecule has 0 aliphatic carbocycles. The van der Waals surface area contributed by atoms with Crippen molar-refractivity contribution in [1.29, 1.82) is 0 Å². The molecule has 1 aromatic carbocycles. The first-order valence-corrected chi connectivity index (χ1v) is 12.8. The first-order chi connectivity index (χ1) is 17.9. The van der Waals surface area contributed by atoms with Crippen LogP contribution >= 0.6 is 62.0 Å². The molecule has 2 rings (SSSR count). The lowest BCUT2D eigenvalue weighted by atomic mass is 10.1. The van der Waals surface area contributed by atoms with Crippen molar-refractivity contribution >= 4 is 79.8 Å². The summed E-state index contributed by atoms with van der Waals surface area (Å²) in [5.74, 6) is -2.03. The lowest BCUT2D eigenvalue weighted by molar-refractivity contribution is -0.138. The summed E-state index contributed by atoms with van der Waals surface area (Å²) in [5.41, 5.74) is 5.66. The van der Waals surface area contributed by atoms with Gasteiger partial charge >= 0.3 is 0 Å². The second kappa shape index (κ2) is 28.3. The number of nitrogens with zero attached hydrogens (tertiary/aromatic N) is 1. The highest BCUT2D eigenvalue weighted by atomic mass is 35.5. The highest BCUT2D eigenvalue weighted by Gasteiger charge is 2.27. The van der Waals surface area contributed by atoms with E-state index in [9.17, 15) is 24.6 Å². The van der Waals surface area contributed by atoms with Crippen LogP contribution in [0.3, 0.4) is 0 Å². The van der Waals surface area contributed by atoms with E-state index in [2.05, 4.69) is 31.9 Å². The van der Waals surface area contributed by atoms with Crippen LogP contribution in [0.5, 0.6) is 11.5 Å². The smallest absolute Gasteiger partial charge is 0.245 e. The molecule has 0 radical (unpaired) electrons. The number of aromatic hydroxyl groups is 2. The molecule has 18 heteroatoms. The normalized spacial score (nSPS) is 16.0. The molecule has 0 bridgehead atoms. The molecule has 0 spiro atoms. The molecule has 1 aliphatic heterocycles. The van der Waals surface area contributed by atoms with Gasteiger partial charge in [-0.3, -0.25) is 14.4 Å². The third-order valence-electron chi connectivity index (χ3n) is 5.80. The molecule has 3 amide bonds. The van der Waals surface area contributed by atoms with Crippen LogP contribution in [0.1, 0.15) is 12.0 Å². The number of benzene rings is 1. The average Bonchev–Trinajstić information content (AvgIpc) is 2.84. The van der Waals surface area contributed by atoms with E-state index in [0.29, 0.717) is 26.2 Å². The van der Waals surface area contributed by atoms with Gasteiger partial charge in [0.05, 0.1) is 12.8 Å². The average molecular weight is 705 g/mol. The van der Waals surface area contributed by atoms with E-state index in [-0.39, 0.29) is 91.9 Å². The predicted molar refractivity (Wildman–Crippen MR) is 176 cm³/mol. The summed E-state index contributed by atoms with van der Waals surface area (Å²) in [4.78, 5) is 39.4. The lowest BCUT2D eigenvalue weighted by Gasteiger charge is -2.28. The molecular formula is C24H47Cl5N8O5. The van der Waals surface area contributed by atoms with Gasteiger partial charge in [0.15, 0.2) is 0 Å². The highest BCUT2D eigenvalue weighted by molar-refractivity contribution is 5.92. The second-order valence-electron chi connectivity index (χ2n) is 8.86. The standard InChI is InChI=1S/C24H42N8O5.5ClH/c25-22(35)17-20(31-23(36)15-18-1-2-19(33)16-21(18)34)24(37)32-13-11-29-9-7-27-5-3-26-4-6-28-8-10-30-12-14-32;;;;;/h1-2,16,20,26-30,33-34H,3-15,17H2,(H2,25,35)(H,31,36);5*1H/t20-;;;;;/m0...../s1. The van der Waals surface area contributed by atoms with Crippen molar-refractivity contribution in [2.75, 3.05) is 78.5 Å². The van der Waals surface area contributed by atoms with Crippen LogP contribution in [0, 0.1) is 0 Å². The molecule has 0 unspecified atom stereocenters. The molecule has 248 valence electrons. The number of hydrogen-bond donors (Lipinski definition) is 9. The van der Waals surface area contributed by atoms with E-state index >= 15 is 0 Å². The van der Waals surface area contributed by atoms with Gasteiger partial charge in [0.2, 0.25) is 17.7 Å². The summed E-state index contributed by atoms with van der Waals surface area (Å²) in [6, 6.07) is 2.77. The van der Waals surface area contributed by atoms with Gasteiger partial charge in [0.1, 0.15) is 17.5 Å². The van der Waals surface area contributed by atoms with Crippen molar-refractivity contribution in [2.24, 2.45) is 5.73 Å². The first kappa shape index (κ1) is 47.4. The zero-order valence-electron chi connectivity index (χ0n) is 23.4. The van der Waals surface area contributed by atoms with Crippen molar-refractivity contribution in [3.05, 3.63) is 23.8 Å². The van der Waals surface area contributed by atoms with Crippen molar-refractivity contribution < 1.29 is 24.6 Å². The number of hydrogen-bond acceptors (Lipinski definition) is 10. The quantitative estimate of drug-likeness (QED) is 0.176. The van der Waals surface area contributed by atoms with Gasteiger partial charge in [-0.1, -0.05) is 6.07 Å². The molecule has 42 heavy (non-hydrogen) atoms. The van der Waals surface area contributed by atoms with E-state index in [1.807, 2.05) is 0 Å². The van der Waals surface area contributed by atoms with E-state index in [4.69, 9.17) is 5.73 Å². The van der Waals surface area contributed by atoms with E-state index < -0.39 is 23.8 Å². The molecule has 1 fully saturated rings. The number of phenols is 2. The molecule has 0 aromatic heterocycles. The Morgan fingerprint density at radius 1 is 0.762 bits per heavy atom. The summed E-state index contributed by atoms with van der Waals surface area (Å²) in [6.45, 7) is 8.45. The second-order valence-corrected chi connectivity index (χ2v) is 8.86. The van der Waals surface area contributed by atoms with E-state index in [0.717, 1.165) is 58.4 Å². The molecule has 1 heterocycles. The summed E-state index contributed by atoms with van der Waals surface area (Å²) >= 11 is 0. The largest absolute Gasteiger partial charge is 0.508 e. The first-order valence-electron chi connectivity index (χ1n) is 12.8. The third kappa shape index (κ3) is 20.4. The van der Waals surface area contributed by atoms with Crippen LogP contribution in [-0.2, 0) is 20.8 Å². The Labute approximate surface area is 278 Å². The van der Waals surface area contributed by atoms with Gasteiger partial charge in [-0.05, 0) is 6.07 Å². The van der Waals surface area contributed by atoms with E-state index in [1.54, 1.807) is 4.90 Å². The van der Waals surface area contributed by atoms with Crippen molar-refractivity contribution in [2.45, 2.75) is 18.9 Å². The Kier molecular flexibility index (Phi) is 31.9. The number of nitrogens with one attached hydrogen (secondary N) is 6. The number of primary amides is 1. The van der Waals surface area contributed by atoms with Gasteiger partial charge < -0.3 is 52.7 Å². The Morgan fingerprint density at radius 3 is 1.60 bits per heavy atom. The van der Waals surface area contributed by atoms with Crippen molar-refractivity contribution in [1.82, 2.24) is 36.8 Å². The highest BCUT2D eigenvalue weighted by Crippen LogP contribution is 2.22. The third-order valence-corrected chi connectivity index (χ3v) is 5.80. The molecule has 1 aromatic rings. The zero-order valence-corrected chi connectivity index (χ0v) is 27.5. The fourth-order valence-corrected chi connectivity index (χ4v) is 3.83. The summed E-state index contributed by atoms with van der Waals surface area (Å²) in [5, 5.41) is 38.7. The van der Waals surface area contributed by atoms with Gasteiger partial charge in [-0.25, -0.2) is 0 Å². The Morgan fingerprint density at radius 2 is 1.19 bits per heavy atom. The summed E-state index contributed by atoms with van der Waals surface area (Å²) in [7, 11) is 0. The fourth-order valence-electron chi connectivity index (χ4n) is 3.83. The lowest BCUT2D eigenvalue weighted by Crippen LogP contribution is -2.53. The Balaban J connectivity index is -0.00000144. The summed E-state index contributed by atoms with van der Waals surface area (Å²) < 4.78 is 0. The maximum absolute atomic E-state index is 13.4. The number of carbonyl (C=O) groups is 3. The molecule has 1 saturated heterocycles. The number of nitrogens with two attached hydrogens (primary N) is 1. The molecule has 0 saturated carbocycles. The SMILES string of the molecule is Cl.Cl.Cl.Cl.Cl.NC(=O)C[C@H](NC(=O)Cc1ccc(O)cc1O)C(=O)N1CCNCCNCCNCCNCCNCC1. The Hall–Kier alpha value is -1.52. The minimum atomic E-state index is -1.13. The predicted octanol–water partition coefficient (Wildman–Crippen LogP) is -1.10. The van der Waals surface area contributed by atoms with Crippen LogP contribution < -0.4 is 37.6 Å². The van der Waals surface area contributed by atoms with Gasteiger partial charge in [0.25, 0.3) is 0 Å².